The molecule has 13 nitrogen and oxygen atoms in total. The van der Waals surface area contributed by atoms with Crippen LogP contribution in [0.3, 0.4) is 0 Å². The van der Waals surface area contributed by atoms with Crippen LogP contribution in [-0.2, 0) is 33.4 Å². The molecule has 14 heteroatoms. The molecule has 2 rings (SSSR count). The third kappa shape index (κ3) is 19.6. The van der Waals surface area contributed by atoms with Gasteiger partial charge in [0.15, 0.2) is 17.3 Å². The van der Waals surface area contributed by atoms with Crippen molar-refractivity contribution in [3.63, 3.8) is 0 Å². The number of hydrogen-bond acceptors (Lipinski definition) is 10. The first-order valence-corrected chi connectivity index (χ1v) is 21.7. The van der Waals surface area contributed by atoms with Gasteiger partial charge in [0.05, 0.1) is 36.4 Å². The Morgan fingerprint density at radius 3 is 1.89 bits per heavy atom. The summed E-state index contributed by atoms with van der Waals surface area (Å²) in [6.07, 6.45) is -0.199. The first-order valence-electron chi connectivity index (χ1n) is 21.3. The number of ether oxygens (including phenoxy) is 3. The summed E-state index contributed by atoms with van der Waals surface area (Å²) in [7, 11) is 1.47. The molecule has 0 spiro atoms. The number of aliphatic hydroxyl groups is 1. The molecule has 0 aliphatic carbocycles. The minimum absolute atomic E-state index is 0.0336. The number of methoxy groups -OCH3 is 1. The van der Waals surface area contributed by atoms with Crippen molar-refractivity contribution in [2.45, 2.75) is 150 Å². The van der Waals surface area contributed by atoms with Crippen molar-refractivity contribution in [3.8, 4) is 11.1 Å². The molecule has 0 saturated carbocycles. The maximum atomic E-state index is 14.2. The zero-order valence-electron chi connectivity index (χ0n) is 38.0. The summed E-state index contributed by atoms with van der Waals surface area (Å²) in [6.45, 7) is 17.3. The van der Waals surface area contributed by atoms with E-state index >= 15 is 0 Å². The summed E-state index contributed by atoms with van der Waals surface area (Å²) in [4.78, 5) is 81.8. The summed E-state index contributed by atoms with van der Waals surface area (Å²) >= 11 is 6.04. The second-order valence-electron chi connectivity index (χ2n) is 18.0. The third-order valence-electron chi connectivity index (χ3n) is 10.0. The highest BCUT2D eigenvalue weighted by atomic mass is 35.5. The molecule has 0 heterocycles. The van der Waals surface area contributed by atoms with Gasteiger partial charge < -0.3 is 35.3 Å². The van der Waals surface area contributed by atoms with E-state index in [1.807, 2.05) is 19.1 Å². The van der Waals surface area contributed by atoms with Crippen LogP contribution in [0.4, 0.5) is 4.79 Å². The molecule has 4 N–H and O–H groups in total. The molecule has 0 fully saturated rings. The molecule has 7 atom stereocenters. The number of amides is 3. The monoisotopic (exact) mass is 871 g/mol. The van der Waals surface area contributed by atoms with Gasteiger partial charge in [0, 0.05) is 49.4 Å². The molecule has 0 aliphatic rings. The molecular weight excluding hydrogens is 802 g/mol. The van der Waals surface area contributed by atoms with Gasteiger partial charge in [-0.15, -0.1) is 0 Å². The first-order chi connectivity index (χ1) is 28.4. The number of carbonyl (C=O) groups excluding carboxylic acids is 6. The van der Waals surface area contributed by atoms with E-state index in [0.29, 0.717) is 23.4 Å². The van der Waals surface area contributed by atoms with E-state index in [2.05, 4.69) is 16.0 Å². The van der Waals surface area contributed by atoms with Gasteiger partial charge in [-0.05, 0) is 84.1 Å². The van der Waals surface area contributed by atoms with E-state index in [-0.39, 0.29) is 44.0 Å². The number of halogens is 1. The van der Waals surface area contributed by atoms with Crippen LogP contribution in [0.25, 0.3) is 11.1 Å². The molecule has 0 saturated heterocycles. The topological polar surface area (TPSA) is 186 Å². The second-order valence-corrected chi connectivity index (χ2v) is 18.4. The fourth-order valence-electron chi connectivity index (χ4n) is 6.65. The molecule has 340 valence electrons. The molecule has 0 radical (unpaired) electrons. The number of benzene rings is 2. The van der Waals surface area contributed by atoms with Gasteiger partial charge in [0.1, 0.15) is 11.6 Å². The number of ketones is 3. The number of carbonyl (C=O) groups is 6. The summed E-state index contributed by atoms with van der Waals surface area (Å²) in [5, 5.41) is 19.2. The highest BCUT2D eigenvalue weighted by Gasteiger charge is 2.36. The predicted octanol–water partition coefficient (Wildman–Crippen LogP) is 7.67. The van der Waals surface area contributed by atoms with Crippen molar-refractivity contribution >= 4 is 46.9 Å². The van der Waals surface area contributed by atoms with Crippen LogP contribution in [0, 0.1) is 17.8 Å². The standard InChI is InChI=1S/C47H70ClN3O10/c1-12-13-14-15-37(39(53)24-29(2)41(55)28-59-11)50-43(56)30(3)25-40(54)42(31(4)60-46(5,6)7)51-44(57)35(27-49-45(58)61-47(8,9)10)26-38(52)34-18-16-32(17-19-34)33-20-22-36(48)23-21-33/h16-23,29-31,35,37,41-42,55H,12-15,24-28H2,1-11H3,(H,49,58)(H,50,56)(H,51,57)/t29-,30-,31-,35+,37+,41?,42+/m1/s1. The highest BCUT2D eigenvalue weighted by Crippen LogP contribution is 2.24. The fraction of sp³-hybridized carbons (Fsp3) is 0.617. The normalized spacial score (nSPS) is 15.3. The van der Waals surface area contributed by atoms with Crippen molar-refractivity contribution < 1.29 is 48.1 Å². The SMILES string of the molecule is CCCCC[C@H](NC(=O)[C@H](C)CC(=O)[C@@H](NC(=O)[C@H](CNC(=O)OC(C)(C)C)CC(=O)c1ccc(-c2ccc(Cl)cc2)cc1)[C@@H](C)OC(C)(C)C)C(=O)C[C@@H](C)C(O)COC. The number of aliphatic hydroxyl groups excluding tert-OH is 1. The summed E-state index contributed by atoms with van der Waals surface area (Å²) in [6, 6.07) is 12.1. The number of hydrogen-bond donors (Lipinski definition) is 4. The third-order valence-corrected chi connectivity index (χ3v) is 10.3. The average Bonchev–Trinajstić information content (AvgIpc) is 3.16. The van der Waals surface area contributed by atoms with Gasteiger partial charge >= 0.3 is 6.09 Å². The molecule has 2 aromatic carbocycles. The van der Waals surface area contributed by atoms with Crippen LogP contribution in [0.1, 0.15) is 125 Å². The number of rotatable bonds is 25. The smallest absolute Gasteiger partial charge is 0.407 e. The van der Waals surface area contributed by atoms with Crippen LogP contribution in [0.15, 0.2) is 48.5 Å². The second kappa shape index (κ2) is 25.1. The average molecular weight is 873 g/mol. The molecular formula is C47H70ClN3O10. The van der Waals surface area contributed by atoms with Gasteiger partial charge in [-0.25, -0.2) is 4.79 Å². The van der Waals surface area contributed by atoms with Gasteiger partial charge in [-0.3, -0.25) is 24.0 Å². The first kappa shape index (κ1) is 53.0. The van der Waals surface area contributed by atoms with Crippen molar-refractivity contribution in [1.82, 2.24) is 16.0 Å². The Morgan fingerprint density at radius 2 is 1.34 bits per heavy atom. The predicted molar refractivity (Wildman–Crippen MR) is 237 cm³/mol. The molecule has 0 aliphatic heterocycles. The lowest BCUT2D eigenvalue weighted by Crippen LogP contribution is -2.54. The van der Waals surface area contributed by atoms with Crippen molar-refractivity contribution in [2.24, 2.45) is 17.8 Å². The van der Waals surface area contributed by atoms with E-state index in [4.69, 9.17) is 25.8 Å². The molecule has 61 heavy (non-hydrogen) atoms. The van der Waals surface area contributed by atoms with Crippen LogP contribution in [0.2, 0.25) is 5.02 Å². The zero-order chi connectivity index (χ0) is 46.1. The van der Waals surface area contributed by atoms with Gasteiger partial charge in [0.2, 0.25) is 11.8 Å². The van der Waals surface area contributed by atoms with E-state index in [1.165, 1.54) is 7.11 Å². The van der Waals surface area contributed by atoms with Crippen molar-refractivity contribution in [1.29, 1.82) is 0 Å². The Labute approximate surface area is 367 Å². The van der Waals surface area contributed by atoms with Crippen molar-refractivity contribution in [3.05, 3.63) is 59.1 Å². The minimum Gasteiger partial charge on any atom is -0.444 e. The molecule has 2 aromatic rings. The maximum Gasteiger partial charge on any atom is 0.407 e. The van der Waals surface area contributed by atoms with Crippen LogP contribution >= 0.6 is 11.6 Å². The summed E-state index contributed by atoms with van der Waals surface area (Å²) in [5.41, 5.74) is 0.560. The summed E-state index contributed by atoms with van der Waals surface area (Å²) in [5.74, 6) is -4.70. The number of nitrogens with one attached hydrogen (secondary N) is 3. The maximum absolute atomic E-state index is 14.2. The lowest BCUT2D eigenvalue weighted by Gasteiger charge is -2.32. The number of Topliss-reactive ketones (excluding diaryl/α,β-unsaturated/α-hetero) is 3. The summed E-state index contributed by atoms with van der Waals surface area (Å²) < 4.78 is 16.6. The Kier molecular flexibility index (Phi) is 21.8. The highest BCUT2D eigenvalue weighted by molar-refractivity contribution is 6.30. The molecule has 0 aromatic heterocycles. The molecule has 1 unspecified atom stereocenters. The van der Waals surface area contributed by atoms with E-state index in [1.54, 1.807) is 98.7 Å². The van der Waals surface area contributed by atoms with E-state index in [0.717, 1.165) is 24.0 Å². The van der Waals surface area contributed by atoms with Crippen LogP contribution in [-0.4, -0.2) is 96.1 Å². The Balaban J connectivity index is 2.35. The van der Waals surface area contributed by atoms with Gasteiger partial charge in [-0.2, -0.15) is 0 Å². The molecule has 3 amide bonds. The quantitative estimate of drug-likeness (QED) is 0.0570. The lowest BCUT2D eigenvalue weighted by atomic mass is 9.91. The minimum atomic E-state index is -1.25. The van der Waals surface area contributed by atoms with Crippen molar-refractivity contribution in [2.75, 3.05) is 20.3 Å². The van der Waals surface area contributed by atoms with Gasteiger partial charge in [0.25, 0.3) is 0 Å². The lowest BCUT2D eigenvalue weighted by molar-refractivity contribution is -0.139. The number of unbranched alkanes of at least 4 members (excludes halogenated alkanes) is 2. The fourth-order valence-corrected chi connectivity index (χ4v) is 6.77. The zero-order valence-corrected chi connectivity index (χ0v) is 38.8. The largest absolute Gasteiger partial charge is 0.444 e. The van der Waals surface area contributed by atoms with E-state index in [9.17, 15) is 33.9 Å². The van der Waals surface area contributed by atoms with E-state index < -0.39 is 76.9 Å². The molecule has 0 bridgehead atoms. The van der Waals surface area contributed by atoms with Crippen LogP contribution in [0.5, 0.6) is 0 Å². The Hall–Kier alpha value is -4.17. The number of alkyl carbamates (subject to hydrolysis) is 1. The Bertz CT molecular complexity index is 1740. The Morgan fingerprint density at radius 1 is 0.754 bits per heavy atom. The van der Waals surface area contributed by atoms with Crippen LogP contribution < -0.4 is 16.0 Å². The van der Waals surface area contributed by atoms with Gasteiger partial charge in [-0.1, -0.05) is 88.0 Å².